The lowest BCUT2D eigenvalue weighted by molar-refractivity contribution is 0.830. The van der Waals surface area contributed by atoms with Crippen molar-refractivity contribution in [2.75, 3.05) is 0 Å². The molecule has 0 saturated carbocycles. The maximum atomic E-state index is 12.8. The van der Waals surface area contributed by atoms with Gasteiger partial charge in [-0.05, 0) is 53.3 Å². The Labute approximate surface area is 168 Å². The zero-order valence-corrected chi connectivity index (χ0v) is 17.3. The Balaban J connectivity index is 2.01. The molecule has 0 aliphatic carbocycles. The Morgan fingerprint density at radius 3 is 2.38 bits per heavy atom. The number of pyridine rings is 1. The topological polar surface area (TPSA) is 77.3 Å². The molecule has 5 nitrogen and oxygen atoms in total. The summed E-state index contributed by atoms with van der Waals surface area (Å²) in [5, 5.41) is 2.25. The molecule has 0 bridgehead atoms. The zero-order valence-electron chi connectivity index (χ0n) is 17.3. The highest BCUT2D eigenvalue weighted by molar-refractivity contribution is 5.63. The number of hydrogen-bond donors (Lipinski definition) is 3. The molecule has 4 heterocycles. The van der Waals surface area contributed by atoms with E-state index in [0.717, 1.165) is 27.4 Å². The predicted molar refractivity (Wildman–Crippen MR) is 117 cm³/mol. The number of nitrogens with zero attached hydrogens (tertiary/aromatic N) is 1. The van der Waals surface area contributed by atoms with Crippen LogP contribution in [0.15, 0.2) is 41.5 Å². The van der Waals surface area contributed by atoms with Gasteiger partial charge in [0.1, 0.15) is 5.48 Å². The molecule has 2 aliphatic heterocycles. The van der Waals surface area contributed by atoms with Crippen molar-refractivity contribution in [2.24, 2.45) is 0 Å². The highest BCUT2D eigenvalue weighted by atomic mass is 16.1. The van der Waals surface area contributed by atoms with Crippen molar-refractivity contribution in [3.63, 3.8) is 0 Å². The molecule has 0 spiro atoms. The van der Waals surface area contributed by atoms with Crippen molar-refractivity contribution >= 4 is 12.7 Å². The number of H-pyrrole nitrogens is 3. The van der Waals surface area contributed by atoms with Crippen LogP contribution in [0.5, 0.6) is 0 Å². The lowest BCUT2D eigenvalue weighted by Gasteiger charge is -2.03. The fraction of sp³-hybridized carbons (Fsp3) is 0.250. The number of rotatable bonds is 4. The summed E-state index contributed by atoms with van der Waals surface area (Å²) in [6.07, 6.45) is 5.47. The second kappa shape index (κ2) is 7.24. The third-order valence-corrected chi connectivity index (χ3v) is 5.36. The maximum Gasteiger partial charge on any atom is 0.257 e. The van der Waals surface area contributed by atoms with Crippen LogP contribution in [0.25, 0.3) is 23.8 Å². The van der Waals surface area contributed by atoms with Crippen LogP contribution in [-0.4, -0.2) is 19.9 Å². The maximum absolute atomic E-state index is 12.8. The lowest BCUT2D eigenvalue weighted by atomic mass is 10.0. The summed E-state index contributed by atoms with van der Waals surface area (Å²) in [6, 6.07) is 8.11. The molecule has 0 atom stereocenters. The molecule has 4 rings (SSSR count). The quantitative estimate of drug-likeness (QED) is 0.503. The fourth-order valence-corrected chi connectivity index (χ4v) is 3.70. The van der Waals surface area contributed by atoms with Crippen LogP contribution < -0.4 is 16.1 Å². The summed E-state index contributed by atoms with van der Waals surface area (Å²) in [5.74, 6) is 0.750. The smallest absolute Gasteiger partial charge is 0.257 e. The second-order valence-electron chi connectivity index (χ2n) is 8.10. The largest absolute Gasteiger partial charge is 0.358 e. The van der Waals surface area contributed by atoms with Crippen LogP contribution in [0, 0.1) is 10.7 Å². The third-order valence-electron chi connectivity index (χ3n) is 5.36. The predicted octanol–water partition coefficient (Wildman–Crippen LogP) is 3.30. The Kier molecular flexibility index (Phi) is 4.74. The van der Waals surface area contributed by atoms with E-state index in [4.69, 9.17) is 0 Å². The molecule has 29 heavy (non-hydrogen) atoms. The molecular weight excluding hydrogens is 360 g/mol. The van der Waals surface area contributed by atoms with E-state index in [1.54, 1.807) is 12.4 Å². The van der Waals surface area contributed by atoms with E-state index in [9.17, 15) is 4.79 Å². The first kappa shape index (κ1) is 19.0. The second-order valence-corrected chi connectivity index (χ2v) is 8.10. The molecule has 0 aromatic carbocycles. The molecule has 2 aromatic heterocycles. The van der Waals surface area contributed by atoms with Gasteiger partial charge in [0.05, 0.1) is 5.22 Å². The molecule has 5 heteroatoms. The Morgan fingerprint density at radius 2 is 1.72 bits per heavy atom. The van der Waals surface area contributed by atoms with Gasteiger partial charge in [-0.15, -0.1) is 0 Å². The van der Waals surface area contributed by atoms with Gasteiger partial charge in [0, 0.05) is 39.9 Å². The SMILES string of the molecule is C=c1[nH]c2[nH]c(=O)c(=Cc3[nH]c(C(C)C)cc3C(C)C)c=2cc1-c1ccncc1. The Bertz CT molecular complexity index is 1390. The van der Waals surface area contributed by atoms with E-state index >= 15 is 0 Å². The van der Waals surface area contributed by atoms with Crippen LogP contribution in [-0.2, 0) is 0 Å². The Morgan fingerprint density at radius 1 is 1.00 bits per heavy atom. The zero-order chi connectivity index (χ0) is 20.7. The molecule has 3 N–H and O–H groups in total. The van der Waals surface area contributed by atoms with Gasteiger partial charge in [-0.1, -0.05) is 34.3 Å². The van der Waals surface area contributed by atoms with Crippen molar-refractivity contribution in [2.45, 2.75) is 39.5 Å². The average molecular weight is 386 g/mol. The molecule has 2 aromatic rings. The van der Waals surface area contributed by atoms with Crippen molar-refractivity contribution in [3.8, 4) is 11.1 Å². The number of nitrogens with one attached hydrogen (secondary N) is 3. The number of aromatic nitrogens is 4. The Hall–Kier alpha value is -3.34. The normalized spacial score (nSPS) is 12.6. The van der Waals surface area contributed by atoms with Crippen LogP contribution >= 0.6 is 0 Å². The first-order valence-corrected chi connectivity index (χ1v) is 9.94. The highest BCUT2D eigenvalue weighted by Gasteiger charge is 2.13. The van der Waals surface area contributed by atoms with Crippen molar-refractivity contribution in [3.05, 3.63) is 85.2 Å². The van der Waals surface area contributed by atoms with E-state index in [0.29, 0.717) is 22.5 Å². The van der Waals surface area contributed by atoms with Gasteiger partial charge in [-0.25, -0.2) is 0 Å². The molecule has 148 valence electrons. The van der Waals surface area contributed by atoms with Crippen molar-refractivity contribution in [1.82, 2.24) is 19.9 Å². The van der Waals surface area contributed by atoms with Crippen molar-refractivity contribution in [1.29, 1.82) is 0 Å². The lowest BCUT2D eigenvalue weighted by Crippen LogP contribution is -2.22. The van der Waals surface area contributed by atoms with Crippen molar-refractivity contribution < 1.29 is 0 Å². The first-order chi connectivity index (χ1) is 13.8. The van der Waals surface area contributed by atoms with Gasteiger partial charge < -0.3 is 15.0 Å². The van der Waals surface area contributed by atoms with Crippen LogP contribution in [0.1, 0.15) is 56.5 Å². The average Bonchev–Trinajstić information content (AvgIpc) is 3.24. The fourth-order valence-electron chi connectivity index (χ4n) is 3.70. The van der Waals surface area contributed by atoms with E-state index < -0.39 is 0 Å². The molecule has 0 unspecified atom stereocenters. The van der Waals surface area contributed by atoms with E-state index in [1.807, 2.05) is 24.3 Å². The van der Waals surface area contributed by atoms with Gasteiger partial charge in [0.15, 0.2) is 0 Å². The molecule has 0 amide bonds. The molecule has 2 aliphatic rings. The van der Waals surface area contributed by atoms with Crippen LogP contribution in [0.3, 0.4) is 0 Å². The minimum absolute atomic E-state index is 0.113. The van der Waals surface area contributed by atoms with E-state index in [-0.39, 0.29) is 5.56 Å². The molecule has 0 saturated heterocycles. The van der Waals surface area contributed by atoms with Crippen LogP contribution in [0.4, 0.5) is 0 Å². The standard InChI is InChI=1S/C24H26N4O/c1-13(2)17-11-21(14(3)4)27-22(17)12-20-19-10-18(16-6-8-25-9-7-16)15(5)26-23(19)28-24(20)29/h6-14,26-27H,5H2,1-4H3,(H,28,29). The number of aromatic amines is 3. The monoisotopic (exact) mass is 386 g/mol. The van der Waals surface area contributed by atoms with E-state index in [1.165, 1.54) is 11.3 Å². The van der Waals surface area contributed by atoms with Crippen LogP contribution in [0.2, 0.25) is 0 Å². The van der Waals surface area contributed by atoms with Gasteiger partial charge in [0.2, 0.25) is 0 Å². The van der Waals surface area contributed by atoms with Gasteiger partial charge in [-0.3, -0.25) is 9.78 Å². The summed E-state index contributed by atoms with van der Waals surface area (Å²) in [6.45, 7) is 12.8. The van der Waals surface area contributed by atoms with Gasteiger partial charge >= 0.3 is 0 Å². The third kappa shape index (κ3) is 3.44. The summed E-state index contributed by atoms with van der Waals surface area (Å²) < 4.78 is 0. The first-order valence-electron chi connectivity index (χ1n) is 9.94. The summed E-state index contributed by atoms with van der Waals surface area (Å²) >= 11 is 0. The minimum atomic E-state index is -0.113. The van der Waals surface area contributed by atoms with E-state index in [2.05, 4.69) is 60.3 Å². The minimum Gasteiger partial charge on any atom is -0.358 e. The summed E-state index contributed by atoms with van der Waals surface area (Å²) in [4.78, 5) is 26.6. The molecule has 0 radical (unpaired) electrons. The molecular formula is C24H26N4O. The van der Waals surface area contributed by atoms with Gasteiger partial charge in [-0.2, -0.15) is 0 Å². The number of hydrogen-bond acceptors (Lipinski definition) is 2. The summed E-state index contributed by atoms with van der Waals surface area (Å²) in [7, 11) is 0. The molecule has 0 fully saturated rings. The highest BCUT2D eigenvalue weighted by Crippen LogP contribution is 2.25. The summed E-state index contributed by atoms with van der Waals surface area (Å²) in [5.41, 5.74) is 5.92. The van der Waals surface area contributed by atoms with Gasteiger partial charge in [0.25, 0.3) is 5.56 Å².